The predicted molar refractivity (Wildman–Crippen MR) is 60.1 cm³/mol. The topological polar surface area (TPSA) is 121 Å². The van der Waals surface area contributed by atoms with Crippen LogP contribution in [0.15, 0.2) is 12.5 Å². The van der Waals surface area contributed by atoms with Crippen LogP contribution in [0.5, 0.6) is 0 Å². The summed E-state index contributed by atoms with van der Waals surface area (Å²) in [6, 6.07) is 0. The van der Waals surface area contributed by atoms with Gasteiger partial charge in [-0.3, -0.25) is 15.4 Å². The summed E-state index contributed by atoms with van der Waals surface area (Å²) in [6.45, 7) is 5.44. The molecule has 0 aliphatic carbocycles. The van der Waals surface area contributed by atoms with E-state index < -0.39 is 0 Å². The number of hydrogen-bond donors (Lipinski definition) is 1. The molecule has 0 saturated carbocycles. The molecule has 3 rings (SSSR count). The Kier molecular flexibility index (Phi) is 18.6. The van der Waals surface area contributed by atoms with E-state index in [0.717, 1.165) is 17.3 Å². The molecule has 3 radical (unpaired) electrons. The van der Waals surface area contributed by atoms with Crippen LogP contribution in [-0.2, 0) is 55.7 Å². The second-order valence-corrected chi connectivity index (χ2v) is 3.08. The molecule has 9 nitrogen and oxygen atoms in total. The van der Waals surface area contributed by atoms with E-state index in [1.165, 1.54) is 6.33 Å². The van der Waals surface area contributed by atoms with E-state index in [9.17, 15) is 0 Å². The third-order valence-corrected chi connectivity index (χ3v) is 1.48. The fraction of sp³-hybridized carbons (Fsp3) is 0.333. The van der Waals surface area contributed by atoms with E-state index in [1.807, 2.05) is 6.92 Å². The molecule has 3 aromatic rings. The zero-order chi connectivity index (χ0) is 13.2. The summed E-state index contributed by atoms with van der Waals surface area (Å²) >= 11 is 0. The van der Waals surface area contributed by atoms with Gasteiger partial charge in [-0.25, -0.2) is 0 Å². The number of rotatable bonds is 0. The summed E-state index contributed by atoms with van der Waals surface area (Å²) in [5, 5.41) is 23.4. The molecule has 0 aliphatic rings. The Balaban J connectivity index is -0.000000216. The molecule has 3 heterocycles. The van der Waals surface area contributed by atoms with E-state index >= 15 is 0 Å². The Morgan fingerprint density at radius 2 is 1.76 bits per heavy atom. The maximum atomic E-state index is 3.69. The Bertz CT molecular complexity index is 418. The van der Waals surface area contributed by atoms with Gasteiger partial charge in [0.25, 0.3) is 0 Å². The molecule has 0 saturated heterocycles. The van der Waals surface area contributed by atoms with Gasteiger partial charge in [0.05, 0.1) is 0 Å². The van der Waals surface area contributed by atoms with Gasteiger partial charge in [-0.2, -0.15) is 0 Å². The molecular weight excluding hydrogens is 387 g/mol. The number of hydrogen-bond acceptors (Lipinski definition) is 6. The van der Waals surface area contributed by atoms with Crippen molar-refractivity contribution in [2.45, 2.75) is 20.8 Å². The molecule has 0 spiro atoms. The Hall–Kier alpha value is -0.827. The Morgan fingerprint density at radius 3 is 1.90 bits per heavy atom. The molecule has 0 fully saturated rings. The van der Waals surface area contributed by atoms with E-state index in [-0.39, 0.29) is 55.7 Å². The average molecular weight is 399 g/mol. The second kappa shape index (κ2) is 15.6. The van der Waals surface area contributed by atoms with Crippen LogP contribution in [0, 0.1) is 27.1 Å². The zero-order valence-electron chi connectivity index (χ0n) is 11.6. The predicted octanol–water partition coefficient (Wildman–Crippen LogP) is -0.610. The third kappa shape index (κ3) is 13.9. The largest absolute Gasteiger partial charge is 0.430 e. The molecule has 0 atom stereocenters. The molecule has 1 N–H and O–H groups in total. The van der Waals surface area contributed by atoms with Crippen LogP contribution < -0.4 is 10.2 Å². The second-order valence-electron chi connectivity index (χ2n) is 3.08. The van der Waals surface area contributed by atoms with E-state index in [4.69, 9.17) is 0 Å². The number of nitrogens with zero attached hydrogens (tertiary/aromatic N) is 8. The molecular formula is C9H12N9V3-3. The van der Waals surface area contributed by atoms with Crippen molar-refractivity contribution in [1.82, 2.24) is 45.8 Å². The quantitative estimate of drug-likeness (QED) is 0.497. The third-order valence-electron chi connectivity index (χ3n) is 1.48. The van der Waals surface area contributed by atoms with E-state index in [2.05, 4.69) is 52.1 Å². The van der Waals surface area contributed by atoms with E-state index in [1.54, 1.807) is 20.0 Å². The van der Waals surface area contributed by atoms with Gasteiger partial charge in [-0.15, -0.1) is 0 Å². The summed E-state index contributed by atoms with van der Waals surface area (Å²) < 4.78 is 0. The van der Waals surface area contributed by atoms with Crippen LogP contribution in [-0.4, -0.2) is 35.6 Å². The zero-order valence-corrected chi connectivity index (χ0v) is 15.8. The van der Waals surface area contributed by atoms with Gasteiger partial charge in [0.1, 0.15) is 0 Å². The minimum atomic E-state index is 0. The van der Waals surface area contributed by atoms with Crippen LogP contribution >= 0.6 is 0 Å². The maximum absolute atomic E-state index is 3.69. The summed E-state index contributed by atoms with van der Waals surface area (Å²) in [5.74, 6) is 1.46. The number of aromatic amines is 1. The molecule has 0 amide bonds. The molecule has 111 valence electrons. The van der Waals surface area contributed by atoms with Crippen LogP contribution in [0.4, 0.5) is 0 Å². The first-order chi connectivity index (χ1) is 8.68. The fourth-order valence-corrected chi connectivity index (χ4v) is 0.713. The van der Waals surface area contributed by atoms with Gasteiger partial charge in [0.15, 0.2) is 0 Å². The van der Waals surface area contributed by atoms with Crippen molar-refractivity contribution in [3.05, 3.63) is 36.2 Å². The van der Waals surface area contributed by atoms with Gasteiger partial charge in [-0.05, 0) is 19.7 Å². The Labute approximate surface area is 157 Å². The summed E-state index contributed by atoms with van der Waals surface area (Å²) in [4.78, 5) is 7.32. The van der Waals surface area contributed by atoms with Crippen molar-refractivity contribution >= 4 is 0 Å². The molecule has 21 heavy (non-hydrogen) atoms. The first-order valence-electron chi connectivity index (χ1n) is 4.98. The van der Waals surface area contributed by atoms with Crippen molar-refractivity contribution in [3.8, 4) is 0 Å². The van der Waals surface area contributed by atoms with Gasteiger partial charge in [0, 0.05) is 61.5 Å². The van der Waals surface area contributed by atoms with Gasteiger partial charge < -0.3 is 30.4 Å². The van der Waals surface area contributed by atoms with Gasteiger partial charge in [-0.1, -0.05) is 31.5 Å². The van der Waals surface area contributed by atoms with Crippen molar-refractivity contribution in [3.63, 3.8) is 0 Å². The van der Waals surface area contributed by atoms with Gasteiger partial charge in [0.2, 0.25) is 0 Å². The molecule has 0 unspecified atom stereocenters. The smallest absolute Gasteiger partial charge is 0.0231 e. The molecule has 0 aromatic carbocycles. The van der Waals surface area contributed by atoms with Crippen molar-refractivity contribution in [2.75, 3.05) is 0 Å². The van der Waals surface area contributed by atoms with E-state index in [0.29, 0.717) is 0 Å². The van der Waals surface area contributed by atoms with Crippen LogP contribution in [0.25, 0.3) is 0 Å². The summed E-state index contributed by atoms with van der Waals surface area (Å²) in [5.41, 5.74) is 0.870. The number of nitrogens with one attached hydrogen (secondary N) is 1. The number of aromatic nitrogens is 9. The monoisotopic (exact) mass is 399 g/mol. The SMILES string of the molecule is Cc1c[n-]nn1.Cc1n[c-][nH]n1.Cc1nc[n-]n1.[V].[V].[V]. The Morgan fingerprint density at radius 1 is 1.05 bits per heavy atom. The number of aryl methyl sites for hydroxylation is 3. The molecule has 12 heteroatoms. The maximum Gasteiger partial charge on any atom is 0.0231 e. The van der Waals surface area contributed by atoms with Crippen LogP contribution in [0.1, 0.15) is 17.3 Å². The normalized spacial score (nSPS) is 7.57. The standard InChI is InChI=1S/3C3H4N3.3V/c2*1-3-4-2-5-6-3;1-3-2-4-6-5-3;;;/h1H3,(H,4,5,6);2*2H,1H3;;;/q3*-1;;;. The minimum Gasteiger partial charge on any atom is -0.430 e. The average Bonchev–Trinajstić information content (AvgIpc) is 3.05. The minimum absolute atomic E-state index is 0. The first-order valence-corrected chi connectivity index (χ1v) is 4.98. The summed E-state index contributed by atoms with van der Waals surface area (Å²) in [7, 11) is 0. The fourth-order valence-electron chi connectivity index (χ4n) is 0.713. The molecule has 0 aliphatic heterocycles. The molecule has 0 bridgehead atoms. The molecule has 3 aromatic heterocycles. The van der Waals surface area contributed by atoms with Crippen LogP contribution in [0.2, 0.25) is 0 Å². The van der Waals surface area contributed by atoms with Crippen LogP contribution in [0.3, 0.4) is 0 Å². The van der Waals surface area contributed by atoms with Crippen molar-refractivity contribution in [2.24, 2.45) is 0 Å². The van der Waals surface area contributed by atoms with Crippen molar-refractivity contribution in [1.29, 1.82) is 0 Å². The number of H-pyrrole nitrogens is 1. The van der Waals surface area contributed by atoms with Crippen molar-refractivity contribution < 1.29 is 55.7 Å². The van der Waals surface area contributed by atoms with Gasteiger partial charge >= 0.3 is 0 Å². The summed E-state index contributed by atoms with van der Waals surface area (Å²) in [6.07, 6.45) is 5.48. The first kappa shape index (κ1) is 25.1.